The van der Waals surface area contributed by atoms with Crippen LogP contribution in [0.25, 0.3) is 16.6 Å². The van der Waals surface area contributed by atoms with Crippen LogP contribution in [0.3, 0.4) is 0 Å². The molecule has 1 fully saturated rings. The summed E-state index contributed by atoms with van der Waals surface area (Å²) in [7, 11) is 0. The average Bonchev–Trinajstić information content (AvgIpc) is 3.26. The summed E-state index contributed by atoms with van der Waals surface area (Å²) in [4.78, 5) is 30.7. The molecule has 0 bridgehead atoms. The number of carbonyl (C=O) groups excluding carboxylic acids is 1. The van der Waals surface area contributed by atoms with Gasteiger partial charge in [-0.3, -0.25) is 14.2 Å². The summed E-state index contributed by atoms with van der Waals surface area (Å²) in [5.41, 5.74) is 2.28. The molecule has 0 spiro atoms. The van der Waals surface area contributed by atoms with Gasteiger partial charge in [0.25, 0.3) is 5.56 Å². The fraction of sp³-hybridized carbons (Fsp3) is 0.348. The van der Waals surface area contributed by atoms with Gasteiger partial charge < -0.3 is 10.1 Å². The Labute approximate surface area is 179 Å². The first-order valence-electron chi connectivity index (χ1n) is 10.2. The quantitative estimate of drug-likeness (QED) is 0.485. The molecule has 1 amide bonds. The average molecular weight is 424 g/mol. The van der Waals surface area contributed by atoms with E-state index in [1.165, 1.54) is 11.8 Å². The van der Waals surface area contributed by atoms with E-state index in [4.69, 9.17) is 9.72 Å². The number of hydrogen-bond acceptors (Lipinski definition) is 5. The first-order chi connectivity index (χ1) is 14.5. The number of fused-ring (bicyclic) bond motifs is 1. The standard InChI is InChI=1S/C23H25N3O3S/c1-15-7-5-8-17(13-15)26-22(28)19-10-3-4-11-20(19)25-23(26)30-16(2)21(27)24-14-18-9-6-12-29-18/h3-5,7-8,10-11,13,16,18H,6,9,12,14H2,1-2H3,(H,24,27). The molecule has 2 aromatic carbocycles. The van der Waals surface area contributed by atoms with Crippen LogP contribution in [0.1, 0.15) is 25.3 Å². The Bertz CT molecular complexity index is 1120. The van der Waals surface area contributed by atoms with E-state index in [2.05, 4.69) is 5.32 Å². The van der Waals surface area contributed by atoms with Crippen molar-refractivity contribution in [3.8, 4) is 5.69 Å². The van der Waals surface area contributed by atoms with Crippen LogP contribution in [-0.2, 0) is 9.53 Å². The third kappa shape index (κ3) is 4.42. The minimum absolute atomic E-state index is 0.0892. The number of rotatable bonds is 6. The van der Waals surface area contributed by atoms with E-state index in [0.29, 0.717) is 22.6 Å². The van der Waals surface area contributed by atoms with Crippen LogP contribution in [0.5, 0.6) is 0 Å². The van der Waals surface area contributed by atoms with Crippen LogP contribution in [0.2, 0.25) is 0 Å². The lowest BCUT2D eigenvalue weighted by Gasteiger charge is -2.17. The number of aryl methyl sites for hydroxylation is 1. The van der Waals surface area contributed by atoms with Crippen molar-refractivity contribution in [1.82, 2.24) is 14.9 Å². The third-order valence-electron chi connectivity index (χ3n) is 5.18. The number of para-hydroxylation sites is 1. The van der Waals surface area contributed by atoms with Crippen LogP contribution < -0.4 is 10.9 Å². The highest BCUT2D eigenvalue weighted by atomic mass is 32.2. The molecule has 7 heteroatoms. The maximum atomic E-state index is 13.3. The molecule has 2 atom stereocenters. The van der Waals surface area contributed by atoms with Crippen LogP contribution in [0, 0.1) is 6.92 Å². The van der Waals surface area contributed by atoms with E-state index in [1.807, 2.05) is 56.3 Å². The number of nitrogens with one attached hydrogen (secondary N) is 1. The summed E-state index contributed by atoms with van der Waals surface area (Å²) >= 11 is 1.29. The van der Waals surface area contributed by atoms with Crippen LogP contribution in [-0.4, -0.2) is 40.0 Å². The molecular weight excluding hydrogens is 398 g/mol. The summed E-state index contributed by atoms with van der Waals surface area (Å²) in [5.74, 6) is -0.0892. The molecule has 0 aliphatic carbocycles. The maximum Gasteiger partial charge on any atom is 0.266 e. The topological polar surface area (TPSA) is 73.2 Å². The van der Waals surface area contributed by atoms with Crippen LogP contribution >= 0.6 is 11.8 Å². The second-order valence-corrected chi connectivity index (χ2v) is 8.84. The summed E-state index contributed by atoms with van der Waals surface area (Å²) in [6, 6.07) is 15.0. The monoisotopic (exact) mass is 423 g/mol. The van der Waals surface area contributed by atoms with Gasteiger partial charge in [-0.25, -0.2) is 4.98 Å². The van der Waals surface area contributed by atoms with Crippen molar-refractivity contribution < 1.29 is 9.53 Å². The highest BCUT2D eigenvalue weighted by Gasteiger charge is 2.22. The molecule has 0 radical (unpaired) electrons. The number of benzene rings is 2. The van der Waals surface area contributed by atoms with E-state index >= 15 is 0 Å². The Balaban J connectivity index is 1.65. The zero-order chi connectivity index (χ0) is 21.1. The largest absolute Gasteiger partial charge is 0.376 e. The SMILES string of the molecule is Cc1cccc(-n2c(SC(C)C(=O)NCC3CCCO3)nc3ccccc3c2=O)c1. The van der Waals surface area contributed by atoms with Gasteiger partial charge in [-0.15, -0.1) is 0 Å². The van der Waals surface area contributed by atoms with E-state index in [9.17, 15) is 9.59 Å². The molecule has 1 aliphatic rings. The van der Waals surface area contributed by atoms with Crippen molar-refractivity contribution in [2.75, 3.05) is 13.2 Å². The molecule has 30 heavy (non-hydrogen) atoms. The zero-order valence-corrected chi connectivity index (χ0v) is 17.9. The Morgan fingerprint density at radius 2 is 2.13 bits per heavy atom. The predicted molar refractivity (Wildman–Crippen MR) is 119 cm³/mol. The zero-order valence-electron chi connectivity index (χ0n) is 17.1. The first-order valence-corrected chi connectivity index (χ1v) is 11.1. The van der Waals surface area contributed by atoms with Crippen molar-refractivity contribution in [3.05, 3.63) is 64.4 Å². The molecule has 1 saturated heterocycles. The molecule has 1 aliphatic heterocycles. The van der Waals surface area contributed by atoms with Crippen molar-refractivity contribution in [1.29, 1.82) is 0 Å². The number of aromatic nitrogens is 2. The highest BCUT2D eigenvalue weighted by molar-refractivity contribution is 8.00. The number of amides is 1. The van der Waals surface area contributed by atoms with E-state index < -0.39 is 5.25 Å². The van der Waals surface area contributed by atoms with Gasteiger partial charge in [0.1, 0.15) is 0 Å². The van der Waals surface area contributed by atoms with Gasteiger partial charge in [-0.1, -0.05) is 36.0 Å². The van der Waals surface area contributed by atoms with Crippen molar-refractivity contribution in [2.24, 2.45) is 0 Å². The maximum absolute atomic E-state index is 13.3. The minimum Gasteiger partial charge on any atom is -0.376 e. The lowest BCUT2D eigenvalue weighted by molar-refractivity contribution is -0.120. The lowest BCUT2D eigenvalue weighted by atomic mass is 10.2. The van der Waals surface area contributed by atoms with Gasteiger partial charge in [0.2, 0.25) is 5.91 Å². The number of hydrogen-bond donors (Lipinski definition) is 1. The Kier molecular flexibility index (Phi) is 6.20. The van der Waals surface area contributed by atoms with Crippen molar-refractivity contribution in [2.45, 2.75) is 43.2 Å². The van der Waals surface area contributed by atoms with Gasteiger partial charge >= 0.3 is 0 Å². The number of nitrogens with zero attached hydrogens (tertiary/aromatic N) is 2. The smallest absolute Gasteiger partial charge is 0.266 e. The van der Waals surface area contributed by atoms with Crippen LogP contribution in [0.4, 0.5) is 0 Å². The van der Waals surface area contributed by atoms with Gasteiger partial charge in [-0.2, -0.15) is 0 Å². The van der Waals surface area contributed by atoms with E-state index in [0.717, 1.165) is 30.7 Å². The van der Waals surface area contributed by atoms with Crippen molar-refractivity contribution >= 4 is 28.6 Å². The summed E-state index contributed by atoms with van der Waals surface area (Å²) in [6.07, 6.45) is 2.10. The molecule has 4 rings (SSSR count). The summed E-state index contributed by atoms with van der Waals surface area (Å²) in [5, 5.41) is 3.62. The fourth-order valence-electron chi connectivity index (χ4n) is 3.56. The van der Waals surface area contributed by atoms with E-state index in [1.54, 1.807) is 10.6 Å². The van der Waals surface area contributed by atoms with Crippen LogP contribution in [0.15, 0.2) is 58.5 Å². The molecule has 2 heterocycles. The minimum atomic E-state index is -0.407. The molecule has 3 aromatic rings. The fourth-order valence-corrected chi connectivity index (χ4v) is 4.51. The molecular formula is C23H25N3O3S. The molecule has 1 aromatic heterocycles. The van der Waals surface area contributed by atoms with Crippen molar-refractivity contribution in [3.63, 3.8) is 0 Å². The summed E-state index contributed by atoms with van der Waals surface area (Å²) < 4.78 is 7.18. The highest BCUT2D eigenvalue weighted by Crippen LogP contribution is 2.25. The van der Waals surface area contributed by atoms with Gasteiger partial charge in [0.05, 0.1) is 27.9 Å². The number of carbonyl (C=O) groups is 1. The second-order valence-electron chi connectivity index (χ2n) is 7.53. The normalized spacial score (nSPS) is 17.2. The first kappa shape index (κ1) is 20.6. The van der Waals surface area contributed by atoms with Gasteiger partial charge in [-0.05, 0) is 56.5 Å². The van der Waals surface area contributed by atoms with E-state index in [-0.39, 0.29) is 17.6 Å². The summed E-state index contributed by atoms with van der Waals surface area (Å²) in [6.45, 7) is 5.09. The molecule has 1 N–H and O–H groups in total. The number of ether oxygens (including phenoxy) is 1. The Morgan fingerprint density at radius 3 is 2.90 bits per heavy atom. The number of thioether (sulfide) groups is 1. The Hall–Kier alpha value is -2.64. The predicted octanol–water partition coefficient (Wildman–Crippen LogP) is 3.47. The van der Waals surface area contributed by atoms with Gasteiger partial charge in [0.15, 0.2) is 5.16 Å². The third-order valence-corrected chi connectivity index (χ3v) is 6.24. The molecule has 2 unspecified atom stereocenters. The molecule has 6 nitrogen and oxygen atoms in total. The molecule has 0 saturated carbocycles. The Morgan fingerprint density at radius 1 is 1.30 bits per heavy atom. The van der Waals surface area contributed by atoms with Gasteiger partial charge in [0, 0.05) is 13.2 Å². The molecule has 156 valence electrons. The second kappa shape index (κ2) is 9.02. The lowest BCUT2D eigenvalue weighted by Crippen LogP contribution is -2.36.